The largest absolute Gasteiger partial charge is 0.482 e. The third kappa shape index (κ3) is 4.57. The molecule has 2 aliphatic heterocycles. The van der Waals surface area contributed by atoms with E-state index in [0.717, 1.165) is 5.56 Å². The van der Waals surface area contributed by atoms with Crippen LogP contribution in [0.25, 0.3) is 0 Å². The summed E-state index contributed by atoms with van der Waals surface area (Å²) in [5.74, 6) is -0.396. The molecule has 0 aliphatic carbocycles. The van der Waals surface area contributed by atoms with E-state index in [9.17, 15) is 14.4 Å². The van der Waals surface area contributed by atoms with Crippen LogP contribution in [0.5, 0.6) is 11.5 Å². The molecule has 4 rings (SSSR count). The molecule has 9 heteroatoms. The number of fused-ring (bicyclic) bond motifs is 2. The molecule has 9 nitrogen and oxygen atoms in total. The number of hydrogen-bond acceptors (Lipinski definition) is 6. The van der Waals surface area contributed by atoms with E-state index in [1.165, 1.54) is 0 Å². The first-order valence-electron chi connectivity index (χ1n) is 8.50. The van der Waals surface area contributed by atoms with Crippen molar-refractivity contribution in [2.24, 2.45) is 5.73 Å². The Morgan fingerprint density at radius 2 is 1.89 bits per heavy atom. The molecule has 2 heterocycles. The fourth-order valence-corrected chi connectivity index (χ4v) is 2.64. The van der Waals surface area contributed by atoms with Crippen LogP contribution >= 0.6 is 0 Å². The molecule has 5 N–H and O–H groups in total. The second-order valence-corrected chi connectivity index (χ2v) is 6.06. The van der Waals surface area contributed by atoms with Crippen LogP contribution in [-0.2, 0) is 20.9 Å². The van der Waals surface area contributed by atoms with E-state index in [1.54, 1.807) is 24.3 Å². The van der Waals surface area contributed by atoms with E-state index in [-0.39, 0.29) is 18.9 Å². The van der Waals surface area contributed by atoms with E-state index >= 15 is 0 Å². The molecule has 2 amide bonds. The zero-order valence-corrected chi connectivity index (χ0v) is 14.8. The number of carbonyl (C=O) groups is 3. The Labute approximate surface area is 160 Å². The van der Waals surface area contributed by atoms with Gasteiger partial charge in [-0.25, -0.2) is 0 Å². The SMILES string of the molecule is NCc1ccc2c(c1)NC(=O)CO2.O=C(O)CC1Oc2ccccc2NC1=O. The molecule has 2 aliphatic rings. The van der Waals surface area contributed by atoms with Crippen molar-refractivity contribution in [2.75, 3.05) is 17.2 Å². The average Bonchev–Trinajstić information content (AvgIpc) is 2.68. The fraction of sp³-hybridized carbons (Fsp3) is 0.211. The van der Waals surface area contributed by atoms with Crippen molar-refractivity contribution in [3.63, 3.8) is 0 Å². The molecule has 1 unspecified atom stereocenters. The summed E-state index contributed by atoms with van der Waals surface area (Å²) in [5.41, 5.74) is 7.72. The maximum atomic E-state index is 11.4. The molecule has 2 aromatic carbocycles. The van der Waals surface area contributed by atoms with E-state index in [4.69, 9.17) is 20.3 Å². The van der Waals surface area contributed by atoms with Gasteiger partial charge in [-0.05, 0) is 29.8 Å². The van der Waals surface area contributed by atoms with Gasteiger partial charge in [0.05, 0.1) is 17.8 Å². The number of carboxylic acid groups (broad SMARTS) is 1. The Morgan fingerprint density at radius 3 is 2.64 bits per heavy atom. The van der Waals surface area contributed by atoms with Crippen molar-refractivity contribution in [3.8, 4) is 11.5 Å². The summed E-state index contributed by atoms with van der Waals surface area (Å²) in [6.45, 7) is 0.554. The molecule has 0 fully saturated rings. The number of carboxylic acids is 1. The Morgan fingerprint density at radius 1 is 1.11 bits per heavy atom. The Bertz CT molecular complexity index is 914. The second-order valence-electron chi connectivity index (χ2n) is 6.06. The number of aliphatic carboxylic acids is 1. The van der Waals surface area contributed by atoms with Gasteiger partial charge in [0.15, 0.2) is 12.7 Å². The van der Waals surface area contributed by atoms with Crippen molar-refractivity contribution in [2.45, 2.75) is 19.1 Å². The molecule has 146 valence electrons. The van der Waals surface area contributed by atoms with Crippen LogP contribution in [0.15, 0.2) is 42.5 Å². The molecule has 0 saturated carbocycles. The van der Waals surface area contributed by atoms with Gasteiger partial charge in [0.25, 0.3) is 11.8 Å². The number of anilines is 2. The molecular formula is C19H19N3O6. The highest BCUT2D eigenvalue weighted by Crippen LogP contribution is 2.29. The predicted molar refractivity (Wildman–Crippen MR) is 100 cm³/mol. The smallest absolute Gasteiger partial charge is 0.307 e. The molecule has 28 heavy (non-hydrogen) atoms. The minimum Gasteiger partial charge on any atom is -0.482 e. The lowest BCUT2D eigenvalue weighted by Gasteiger charge is -2.24. The third-order valence-electron chi connectivity index (χ3n) is 3.98. The van der Waals surface area contributed by atoms with Gasteiger partial charge < -0.3 is 30.9 Å². The number of nitrogens with two attached hydrogens (primary N) is 1. The zero-order valence-electron chi connectivity index (χ0n) is 14.8. The highest BCUT2D eigenvalue weighted by Gasteiger charge is 2.29. The Balaban J connectivity index is 0.000000162. The number of benzene rings is 2. The van der Waals surface area contributed by atoms with E-state index < -0.39 is 18.0 Å². The topological polar surface area (TPSA) is 140 Å². The van der Waals surface area contributed by atoms with Crippen molar-refractivity contribution in [3.05, 3.63) is 48.0 Å². The van der Waals surface area contributed by atoms with Gasteiger partial charge in [-0.2, -0.15) is 0 Å². The lowest BCUT2D eigenvalue weighted by molar-refractivity contribution is -0.142. The van der Waals surface area contributed by atoms with Crippen molar-refractivity contribution < 1.29 is 29.0 Å². The van der Waals surface area contributed by atoms with E-state index in [0.29, 0.717) is 29.4 Å². The molecular weight excluding hydrogens is 366 g/mol. The van der Waals surface area contributed by atoms with Crippen LogP contribution < -0.4 is 25.8 Å². The quantitative estimate of drug-likeness (QED) is 0.625. The molecule has 1 atom stereocenters. The Hall–Kier alpha value is -3.59. The lowest BCUT2D eigenvalue weighted by Crippen LogP contribution is -2.38. The summed E-state index contributed by atoms with van der Waals surface area (Å²) in [4.78, 5) is 32.8. The number of carbonyl (C=O) groups excluding carboxylic acids is 2. The van der Waals surface area contributed by atoms with Crippen molar-refractivity contribution in [1.82, 2.24) is 0 Å². The number of ether oxygens (including phenoxy) is 2. The zero-order chi connectivity index (χ0) is 20.1. The summed E-state index contributed by atoms with van der Waals surface area (Å²) in [6.07, 6.45) is -1.28. The maximum absolute atomic E-state index is 11.4. The van der Waals surface area contributed by atoms with Crippen LogP contribution in [0, 0.1) is 0 Å². The maximum Gasteiger partial charge on any atom is 0.307 e. The number of amides is 2. The van der Waals surface area contributed by atoms with Gasteiger partial charge in [0.1, 0.15) is 11.5 Å². The molecule has 0 radical (unpaired) electrons. The number of para-hydroxylation sites is 2. The van der Waals surface area contributed by atoms with Gasteiger partial charge in [-0.1, -0.05) is 18.2 Å². The van der Waals surface area contributed by atoms with E-state index in [2.05, 4.69) is 10.6 Å². The van der Waals surface area contributed by atoms with Gasteiger partial charge >= 0.3 is 5.97 Å². The summed E-state index contributed by atoms with van der Waals surface area (Å²) in [6, 6.07) is 12.4. The van der Waals surface area contributed by atoms with Gasteiger partial charge in [-0.3, -0.25) is 14.4 Å². The standard InChI is InChI=1S/C10H9NO4.C9H10N2O2/c12-9(13)5-8-10(14)11-6-3-1-2-4-7(6)15-8;10-4-6-1-2-8-7(3-6)11-9(12)5-13-8/h1-4,8H,5H2,(H,11,14)(H,12,13);1-3H,4-5,10H2,(H,11,12). The molecule has 0 saturated heterocycles. The normalized spacial score (nSPS) is 16.7. The average molecular weight is 385 g/mol. The minimum atomic E-state index is -1.06. The molecule has 0 bridgehead atoms. The highest BCUT2D eigenvalue weighted by molar-refractivity contribution is 5.99. The predicted octanol–water partition coefficient (Wildman–Crippen LogP) is 1.34. The first kappa shape index (κ1) is 19.2. The summed E-state index contributed by atoms with van der Waals surface area (Å²) >= 11 is 0. The highest BCUT2D eigenvalue weighted by atomic mass is 16.5. The summed E-state index contributed by atoms with van der Waals surface area (Å²) < 4.78 is 10.4. The number of hydrogen-bond donors (Lipinski definition) is 4. The first-order chi connectivity index (χ1) is 13.5. The number of nitrogens with one attached hydrogen (secondary N) is 2. The van der Waals surface area contributed by atoms with Crippen molar-refractivity contribution >= 4 is 29.2 Å². The van der Waals surface area contributed by atoms with Gasteiger partial charge in [-0.15, -0.1) is 0 Å². The summed E-state index contributed by atoms with van der Waals surface area (Å²) in [7, 11) is 0. The molecule has 2 aromatic rings. The Kier molecular flexibility index (Phi) is 5.75. The minimum absolute atomic E-state index is 0.0922. The first-order valence-corrected chi connectivity index (χ1v) is 8.50. The monoisotopic (exact) mass is 385 g/mol. The molecule has 0 aromatic heterocycles. The number of rotatable bonds is 3. The van der Waals surface area contributed by atoms with Crippen LogP contribution in [-0.4, -0.2) is 35.6 Å². The lowest BCUT2D eigenvalue weighted by atomic mass is 10.1. The van der Waals surface area contributed by atoms with E-state index in [1.807, 2.05) is 18.2 Å². The molecule has 0 spiro atoms. The van der Waals surface area contributed by atoms with Crippen LogP contribution in [0.2, 0.25) is 0 Å². The summed E-state index contributed by atoms with van der Waals surface area (Å²) in [5, 5.41) is 13.9. The van der Waals surface area contributed by atoms with Crippen molar-refractivity contribution in [1.29, 1.82) is 0 Å². The fourth-order valence-electron chi connectivity index (χ4n) is 2.64. The van der Waals surface area contributed by atoms with Crippen LogP contribution in [0.1, 0.15) is 12.0 Å². The van der Waals surface area contributed by atoms with Crippen LogP contribution in [0.3, 0.4) is 0 Å². The van der Waals surface area contributed by atoms with Gasteiger partial charge in [0, 0.05) is 6.54 Å². The third-order valence-corrected chi connectivity index (χ3v) is 3.98. The van der Waals surface area contributed by atoms with Crippen LogP contribution in [0.4, 0.5) is 11.4 Å². The van der Waals surface area contributed by atoms with Gasteiger partial charge in [0.2, 0.25) is 0 Å². The second kappa shape index (κ2) is 8.40.